The third-order valence-corrected chi connectivity index (χ3v) is 6.35. The van der Waals surface area contributed by atoms with Gasteiger partial charge in [-0.15, -0.1) is 11.3 Å². The number of anilines is 1. The summed E-state index contributed by atoms with van der Waals surface area (Å²) in [4.78, 5) is 0.956. The zero-order chi connectivity index (χ0) is 14.9. The number of nitrogens with two attached hydrogens (primary N) is 1. The van der Waals surface area contributed by atoms with E-state index in [0.717, 1.165) is 5.56 Å². The van der Waals surface area contributed by atoms with Gasteiger partial charge in [-0.05, 0) is 58.4 Å². The molecule has 1 aromatic heterocycles. The van der Waals surface area contributed by atoms with Crippen molar-refractivity contribution in [2.24, 2.45) is 5.73 Å². The number of benzene rings is 1. The average molecular weight is 375 g/mol. The molecule has 0 amide bonds. The average Bonchev–Trinajstić information content (AvgIpc) is 2.75. The van der Waals surface area contributed by atoms with Gasteiger partial charge in [0.25, 0.3) is 10.0 Å². The van der Waals surface area contributed by atoms with Crippen molar-refractivity contribution in [2.45, 2.75) is 25.3 Å². The second kappa shape index (κ2) is 5.85. The molecule has 7 heteroatoms. The predicted molar refractivity (Wildman–Crippen MR) is 86.6 cm³/mol. The van der Waals surface area contributed by atoms with Crippen LogP contribution >= 0.6 is 27.3 Å². The van der Waals surface area contributed by atoms with Crippen LogP contribution in [0.5, 0.6) is 0 Å². The highest BCUT2D eigenvalue weighted by Crippen LogP contribution is 2.31. The number of thiophene rings is 1. The third-order valence-electron chi connectivity index (χ3n) is 2.81. The fraction of sp³-hybridized carbons (Fsp3) is 0.231. The zero-order valence-electron chi connectivity index (χ0n) is 11.1. The minimum Gasteiger partial charge on any atom is -0.326 e. The fourth-order valence-electron chi connectivity index (χ4n) is 1.90. The largest absolute Gasteiger partial charge is 0.326 e. The summed E-state index contributed by atoms with van der Waals surface area (Å²) in [7, 11) is -3.63. The quantitative estimate of drug-likeness (QED) is 0.861. The maximum absolute atomic E-state index is 12.5. The molecule has 3 N–H and O–H groups in total. The first-order chi connectivity index (χ1) is 9.35. The van der Waals surface area contributed by atoms with E-state index in [4.69, 9.17) is 5.73 Å². The molecule has 0 bridgehead atoms. The van der Waals surface area contributed by atoms with E-state index in [0.29, 0.717) is 25.5 Å². The van der Waals surface area contributed by atoms with Crippen LogP contribution in [0.4, 0.5) is 5.69 Å². The number of aryl methyl sites for hydroxylation is 2. The standard InChI is InChI=1S/C13H15BrN2O2S2/c1-8-3-4-10(14)11(5-8)16-20(17,18)13-9(2)7-19-12(13)6-15/h3-5,7,16H,6,15H2,1-2H3. The van der Waals surface area contributed by atoms with Crippen molar-refractivity contribution in [1.82, 2.24) is 0 Å². The molecule has 1 aromatic carbocycles. The van der Waals surface area contributed by atoms with E-state index in [1.54, 1.807) is 13.0 Å². The molecule has 0 unspecified atom stereocenters. The molecule has 2 aromatic rings. The maximum Gasteiger partial charge on any atom is 0.263 e. The molecule has 0 radical (unpaired) electrons. The highest BCUT2D eigenvalue weighted by Gasteiger charge is 2.23. The topological polar surface area (TPSA) is 72.2 Å². The van der Waals surface area contributed by atoms with Gasteiger partial charge in [0, 0.05) is 15.9 Å². The molecule has 4 nitrogen and oxygen atoms in total. The second-order valence-electron chi connectivity index (χ2n) is 4.46. The Labute approximate surface area is 131 Å². The summed E-state index contributed by atoms with van der Waals surface area (Å²) >= 11 is 4.72. The van der Waals surface area contributed by atoms with Gasteiger partial charge in [0.15, 0.2) is 0 Å². The monoisotopic (exact) mass is 374 g/mol. The lowest BCUT2D eigenvalue weighted by atomic mass is 10.2. The molecule has 0 aliphatic rings. The molecule has 0 fully saturated rings. The van der Waals surface area contributed by atoms with Crippen molar-refractivity contribution in [1.29, 1.82) is 0 Å². The van der Waals surface area contributed by atoms with Crippen LogP contribution in [0.2, 0.25) is 0 Å². The van der Waals surface area contributed by atoms with E-state index in [1.165, 1.54) is 11.3 Å². The molecule has 108 valence electrons. The van der Waals surface area contributed by atoms with E-state index in [9.17, 15) is 8.42 Å². The number of sulfonamides is 1. The van der Waals surface area contributed by atoms with Crippen molar-refractivity contribution in [3.63, 3.8) is 0 Å². The molecule has 0 aliphatic carbocycles. The lowest BCUT2D eigenvalue weighted by molar-refractivity contribution is 0.600. The van der Waals surface area contributed by atoms with E-state index in [1.807, 2.05) is 24.4 Å². The first-order valence-corrected chi connectivity index (χ1v) is 9.06. The van der Waals surface area contributed by atoms with Crippen molar-refractivity contribution in [3.8, 4) is 0 Å². The third kappa shape index (κ3) is 3.06. The first kappa shape index (κ1) is 15.5. The zero-order valence-corrected chi connectivity index (χ0v) is 14.3. The second-order valence-corrected chi connectivity index (χ2v) is 7.90. The van der Waals surface area contributed by atoms with Gasteiger partial charge in [-0.2, -0.15) is 0 Å². The van der Waals surface area contributed by atoms with Crippen molar-refractivity contribution in [2.75, 3.05) is 4.72 Å². The SMILES string of the molecule is Cc1ccc(Br)c(NS(=O)(=O)c2c(C)csc2CN)c1. The summed E-state index contributed by atoms with van der Waals surface area (Å²) in [5.74, 6) is 0. The van der Waals surface area contributed by atoms with Crippen LogP contribution in [-0.4, -0.2) is 8.42 Å². The number of rotatable bonds is 4. The molecular weight excluding hydrogens is 360 g/mol. The first-order valence-electron chi connectivity index (χ1n) is 5.91. The normalized spacial score (nSPS) is 11.6. The molecule has 0 aliphatic heterocycles. The fourth-order valence-corrected chi connectivity index (χ4v) is 5.15. The smallest absolute Gasteiger partial charge is 0.263 e. The predicted octanol–water partition coefficient (Wildman–Crippen LogP) is 3.39. The van der Waals surface area contributed by atoms with Gasteiger partial charge < -0.3 is 5.73 Å². The van der Waals surface area contributed by atoms with Gasteiger partial charge in [-0.25, -0.2) is 8.42 Å². The Morgan fingerprint density at radius 2 is 2.05 bits per heavy atom. The minimum atomic E-state index is -3.63. The van der Waals surface area contributed by atoms with Crippen LogP contribution in [0.15, 0.2) is 32.9 Å². The van der Waals surface area contributed by atoms with Crippen LogP contribution in [0.3, 0.4) is 0 Å². The van der Waals surface area contributed by atoms with E-state index < -0.39 is 10.0 Å². The number of hydrogen-bond donors (Lipinski definition) is 2. The van der Waals surface area contributed by atoms with Crippen molar-refractivity contribution >= 4 is 43.0 Å². The Kier molecular flexibility index (Phi) is 4.53. The molecule has 1 heterocycles. The summed E-state index contributed by atoms with van der Waals surface area (Å²) in [6, 6.07) is 5.51. The number of nitrogens with one attached hydrogen (secondary N) is 1. The lowest BCUT2D eigenvalue weighted by Crippen LogP contribution is -2.16. The van der Waals surface area contributed by atoms with Gasteiger partial charge >= 0.3 is 0 Å². The summed E-state index contributed by atoms with van der Waals surface area (Å²) in [5.41, 5.74) is 7.84. The van der Waals surface area contributed by atoms with Gasteiger partial charge in [-0.1, -0.05) is 6.07 Å². The Balaban J connectivity index is 2.46. The van der Waals surface area contributed by atoms with Crippen LogP contribution < -0.4 is 10.5 Å². The van der Waals surface area contributed by atoms with Crippen LogP contribution in [0.1, 0.15) is 16.0 Å². The molecular formula is C13H15BrN2O2S2. The van der Waals surface area contributed by atoms with E-state index >= 15 is 0 Å². The van der Waals surface area contributed by atoms with Crippen LogP contribution in [0.25, 0.3) is 0 Å². The Hall–Kier alpha value is -0.890. The summed E-state index contributed by atoms with van der Waals surface area (Å²) in [6.07, 6.45) is 0. The van der Waals surface area contributed by atoms with E-state index in [-0.39, 0.29) is 6.54 Å². The highest BCUT2D eigenvalue weighted by molar-refractivity contribution is 9.10. The number of hydrogen-bond acceptors (Lipinski definition) is 4. The van der Waals surface area contributed by atoms with Crippen LogP contribution in [-0.2, 0) is 16.6 Å². The summed E-state index contributed by atoms with van der Waals surface area (Å²) < 4.78 is 28.4. The molecule has 2 rings (SSSR count). The van der Waals surface area contributed by atoms with Crippen molar-refractivity contribution in [3.05, 3.63) is 44.1 Å². The Morgan fingerprint density at radius 3 is 2.70 bits per heavy atom. The summed E-state index contributed by atoms with van der Waals surface area (Å²) in [6.45, 7) is 3.89. The van der Waals surface area contributed by atoms with Crippen LogP contribution in [0, 0.1) is 13.8 Å². The van der Waals surface area contributed by atoms with Gasteiger partial charge in [0.05, 0.1) is 5.69 Å². The molecule has 20 heavy (non-hydrogen) atoms. The molecule has 0 atom stereocenters. The number of halogens is 1. The van der Waals surface area contributed by atoms with E-state index in [2.05, 4.69) is 20.7 Å². The van der Waals surface area contributed by atoms with Crippen molar-refractivity contribution < 1.29 is 8.42 Å². The molecule has 0 saturated heterocycles. The lowest BCUT2D eigenvalue weighted by Gasteiger charge is -2.11. The molecule has 0 saturated carbocycles. The Bertz CT molecular complexity index is 739. The van der Waals surface area contributed by atoms with Gasteiger partial charge in [0.2, 0.25) is 0 Å². The van der Waals surface area contributed by atoms with Gasteiger partial charge in [0.1, 0.15) is 4.90 Å². The maximum atomic E-state index is 12.5. The minimum absolute atomic E-state index is 0.212. The highest BCUT2D eigenvalue weighted by atomic mass is 79.9. The van der Waals surface area contributed by atoms with Gasteiger partial charge in [-0.3, -0.25) is 4.72 Å². The summed E-state index contributed by atoms with van der Waals surface area (Å²) in [5, 5.41) is 1.81. The Morgan fingerprint density at radius 1 is 1.35 bits per heavy atom. The molecule has 0 spiro atoms.